The number of methoxy groups -OCH3 is 1. The van der Waals surface area contributed by atoms with Crippen LogP contribution in [-0.2, 0) is 24.3 Å². The number of carbonyl (C=O) groups excluding carboxylic acids is 3. The van der Waals surface area contributed by atoms with E-state index in [1.807, 2.05) is 0 Å². The Hall–Kier alpha value is -2.18. The van der Waals surface area contributed by atoms with E-state index in [0.29, 0.717) is 28.6 Å². The van der Waals surface area contributed by atoms with Crippen molar-refractivity contribution in [3.05, 3.63) is 44.6 Å². The molecule has 0 saturated carbocycles. The normalized spacial score (nSPS) is 15.0. The number of amides is 2. The van der Waals surface area contributed by atoms with Gasteiger partial charge in [0, 0.05) is 19.5 Å². The van der Waals surface area contributed by atoms with Crippen LogP contribution in [0.2, 0.25) is 9.36 Å². The van der Waals surface area contributed by atoms with Crippen LogP contribution in [0.4, 0.5) is 5.69 Å². The second kappa shape index (κ2) is 10.2. The van der Waals surface area contributed by atoms with E-state index in [9.17, 15) is 22.8 Å². The summed E-state index contributed by atoms with van der Waals surface area (Å²) in [6.07, 6.45) is 0.995. The number of rotatable bonds is 8. The lowest BCUT2D eigenvalue weighted by Crippen LogP contribution is -2.48. The van der Waals surface area contributed by atoms with Crippen molar-refractivity contribution in [3.63, 3.8) is 0 Å². The molecule has 2 heterocycles. The fourth-order valence-corrected chi connectivity index (χ4v) is 5.87. The van der Waals surface area contributed by atoms with Crippen molar-refractivity contribution in [2.24, 2.45) is 0 Å². The summed E-state index contributed by atoms with van der Waals surface area (Å²) in [5.74, 6) is -1.58. The summed E-state index contributed by atoms with van der Waals surface area (Å²) in [5, 5.41) is 2.33. The highest BCUT2D eigenvalue weighted by Gasteiger charge is 2.31. The summed E-state index contributed by atoms with van der Waals surface area (Å²) in [6.45, 7) is 0.0568. The minimum Gasteiger partial charge on any atom is -0.468 e. The lowest BCUT2D eigenvalue weighted by Gasteiger charge is -2.21. The molecule has 1 fully saturated rings. The highest BCUT2D eigenvalue weighted by atomic mass is 35.5. The maximum Gasteiger partial charge on any atom is 0.325 e. The first-order valence-corrected chi connectivity index (χ1v) is 12.4. The van der Waals surface area contributed by atoms with E-state index in [0.717, 1.165) is 18.4 Å². The molecule has 1 unspecified atom stereocenters. The topological polar surface area (TPSA) is 122 Å². The van der Waals surface area contributed by atoms with E-state index in [1.54, 1.807) is 12.1 Å². The molecule has 1 saturated heterocycles. The average Bonchev–Trinajstić information content (AvgIpc) is 3.38. The van der Waals surface area contributed by atoms with Crippen molar-refractivity contribution in [3.8, 4) is 0 Å². The summed E-state index contributed by atoms with van der Waals surface area (Å²) in [4.78, 5) is 37.9. The van der Waals surface area contributed by atoms with Gasteiger partial charge in [0.15, 0.2) is 0 Å². The lowest BCUT2D eigenvalue weighted by molar-refractivity contribution is -0.142. The van der Waals surface area contributed by atoms with Crippen molar-refractivity contribution in [2.75, 3.05) is 25.1 Å². The molecule has 172 valence electrons. The predicted octanol–water partition coefficient (Wildman–Crippen LogP) is 2.43. The van der Waals surface area contributed by atoms with Crippen LogP contribution in [0.5, 0.6) is 0 Å². The summed E-state index contributed by atoms with van der Waals surface area (Å²) >= 11 is 13.2. The first-order chi connectivity index (χ1) is 15.1. The maximum atomic E-state index is 13.0. The zero-order valence-corrected chi connectivity index (χ0v) is 19.9. The van der Waals surface area contributed by atoms with Gasteiger partial charge in [0.1, 0.15) is 10.9 Å². The van der Waals surface area contributed by atoms with Crippen LogP contribution in [-0.4, -0.2) is 52.4 Å². The summed E-state index contributed by atoms with van der Waals surface area (Å²) < 4.78 is 33.3. The van der Waals surface area contributed by atoms with Gasteiger partial charge in [-0.1, -0.05) is 29.3 Å². The fraction of sp³-hybridized carbons (Fsp3) is 0.316. The van der Waals surface area contributed by atoms with Crippen molar-refractivity contribution in [1.29, 1.82) is 0 Å². The Morgan fingerprint density at radius 1 is 1.25 bits per heavy atom. The van der Waals surface area contributed by atoms with Gasteiger partial charge >= 0.3 is 5.97 Å². The Balaban J connectivity index is 1.80. The summed E-state index contributed by atoms with van der Waals surface area (Å²) in [7, 11) is -3.22. The third kappa shape index (κ3) is 5.41. The minimum absolute atomic E-state index is 0.142. The largest absolute Gasteiger partial charge is 0.468 e. The van der Waals surface area contributed by atoms with Gasteiger partial charge < -0.3 is 15.0 Å². The zero-order valence-electron chi connectivity index (χ0n) is 16.8. The van der Waals surface area contributed by atoms with Crippen LogP contribution in [0, 0.1) is 0 Å². The van der Waals surface area contributed by atoms with Gasteiger partial charge in [-0.15, -0.1) is 11.3 Å². The van der Waals surface area contributed by atoms with Gasteiger partial charge in [0.25, 0.3) is 5.91 Å². The van der Waals surface area contributed by atoms with Crippen molar-refractivity contribution in [1.82, 2.24) is 10.0 Å². The van der Waals surface area contributed by atoms with Gasteiger partial charge in [0.2, 0.25) is 15.9 Å². The predicted molar refractivity (Wildman–Crippen MR) is 121 cm³/mol. The highest BCUT2D eigenvalue weighted by Crippen LogP contribution is 2.34. The van der Waals surface area contributed by atoms with E-state index >= 15 is 0 Å². The Labute approximate surface area is 198 Å². The second-order valence-corrected chi connectivity index (χ2v) is 10.5. The molecule has 1 aromatic heterocycles. The molecule has 1 aliphatic rings. The number of nitrogens with zero attached hydrogens (tertiary/aromatic N) is 1. The number of thiophene rings is 1. The highest BCUT2D eigenvalue weighted by molar-refractivity contribution is 7.89. The quantitative estimate of drug-likeness (QED) is 0.516. The number of benzene rings is 1. The number of carbonyl (C=O) groups is 3. The molecular formula is C19H19Cl2N3O6S2. The first-order valence-electron chi connectivity index (χ1n) is 9.36. The molecule has 2 amide bonds. The van der Waals surface area contributed by atoms with E-state index in [1.165, 1.54) is 23.1 Å². The molecule has 0 radical (unpaired) electrons. The minimum atomic E-state index is -4.31. The second-order valence-electron chi connectivity index (χ2n) is 6.75. The number of hydrogen-bond acceptors (Lipinski definition) is 7. The molecule has 2 aromatic rings. The van der Waals surface area contributed by atoms with E-state index < -0.39 is 27.9 Å². The van der Waals surface area contributed by atoms with Gasteiger partial charge in [-0.25, -0.2) is 8.42 Å². The third-order valence-corrected chi connectivity index (χ3v) is 7.90. The van der Waals surface area contributed by atoms with Gasteiger partial charge in [-0.3, -0.25) is 14.4 Å². The Kier molecular flexibility index (Phi) is 7.78. The molecule has 9 nitrogen and oxygen atoms in total. The molecule has 2 N–H and O–H groups in total. The number of ether oxygens (including phenoxy) is 1. The Morgan fingerprint density at radius 2 is 2.00 bits per heavy atom. The number of halogens is 2. The standard InChI is InChI=1S/C19H19Cl2N3O6S2/c1-30-19(27)11(10-22-18(26)13-7-8-15(20)31-13)23-32(28,29)14-5-2-4-12(17(14)21)24-9-3-6-16(24)25/h2,4-5,7-8,11,23H,3,6,9-10H2,1H3,(H,22,26). The molecule has 0 spiro atoms. The monoisotopic (exact) mass is 519 g/mol. The smallest absolute Gasteiger partial charge is 0.325 e. The van der Waals surface area contributed by atoms with E-state index in [2.05, 4.69) is 14.8 Å². The molecule has 13 heteroatoms. The van der Waals surface area contributed by atoms with E-state index in [4.69, 9.17) is 23.2 Å². The number of sulfonamides is 1. The summed E-state index contributed by atoms with van der Waals surface area (Å²) in [6, 6.07) is 5.89. The number of esters is 1. The first kappa shape index (κ1) is 24.5. The van der Waals surface area contributed by atoms with Crippen molar-refractivity contribution < 1.29 is 27.5 Å². The van der Waals surface area contributed by atoms with Gasteiger partial charge in [0.05, 0.1) is 27.0 Å². The Bertz CT molecular complexity index is 1150. The molecule has 3 rings (SSSR count). The zero-order chi connectivity index (χ0) is 23.5. The number of hydrogen-bond donors (Lipinski definition) is 2. The van der Waals surface area contributed by atoms with E-state index in [-0.39, 0.29) is 28.1 Å². The van der Waals surface area contributed by atoms with Crippen LogP contribution in [0.15, 0.2) is 35.2 Å². The lowest BCUT2D eigenvalue weighted by atomic mass is 10.3. The van der Waals surface area contributed by atoms with Crippen LogP contribution in [0.1, 0.15) is 22.5 Å². The molecule has 0 bridgehead atoms. The summed E-state index contributed by atoms with van der Waals surface area (Å²) in [5.41, 5.74) is 0.273. The molecule has 32 heavy (non-hydrogen) atoms. The van der Waals surface area contributed by atoms with Crippen molar-refractivity contribution in [2.45, 2.75) is 23.8 Å². The Morgan fingerprint density at radius 3 is 2.59 bits per heavy atom. The molecule has 1 aromatic carbocycles. The average molecular weight is 520 g/mol. The third-order valence-electron chi connectivity index (χ3n) is 4.64. The van der Waals surface area contributed by atoms with Crippen LogP contribution >= 0.6 is 34.5 Å². The van der Waals surface area contributed by atoms with Crippen LogP contribution in [0.25, 0.3) is 0 Å². The molecule has 1 aliphatic heterocycles. The van der Waals surface area contributed by atoms with Gasteiger partial charge in [-0.05, 0) is 30.7 Å². The molecular weight excluding hydrogens is 501 g/mol. The van der Waals surface area contributed by atoms with Crippen LogP contribution < -0.4 is 14.9 Å². The van der Waals surface area contributed by atoms with Crippen molar-refractivity contribution >= 4 is 68.0 Å². The maximum absolute atomic E-state index is 13.0. The van der Waals surface area contributed by atoms with Gasteiger partial charge in [-0.2, -0.15) is 4.72 Å². The fourth-order valence-electron chi connectivity index (χ4n) is 3.10. The number of nitrogens with one attached hydrogen (secondary N) is 2. The molecule has 0 aliphatic carbocycles. The molecule has 1 atom stereocenters. The van der Waals surface area contributed by atoms with Crippen LogP contribution in [0.3, 0.4) is 0 Å². The SMILES string of the molecule is COC(=O)C(CNC(=O)c1ccc(Cl)s1)NS(=O)(=O)c1cccc(N2CCCC2=O)c1Cl. The number of anilines is 1.